The molecule has 0 saturated carbocycles. The molecule has 0 saturated heterocycles. The first kappa shape index (κ1) is 26.8. The first-order valence-electron chi connectivity index (χ1n) is 10.4. The van der Waals surface area contributed by atoms with Gasteiger partial charge in [-0.1, -0.05) is 54.0 Å². The minimum Gasteiger partial charge on any atom is -0.354 e. The Morgan fingerprint density at radius 3 is 2.33 bits per heavy atom. The van der Waals surface area contributed by atoms with Crippen LogP contribution in [0.2, 0.25) is 0 Å². The Morgan fingerprint density at radius 1 is 1.09 bits per heavy atom. The number of hydrogen-bond acceptors (Lipinski definition) is 4. The number of carbonyl (C=O) groups is 2. The van der Waals surface area contributed by atoms with Gasteiger partial charge in [-0.05, 0) is 42.7 Å². The summed E-state index contributed by atoms with van der Waals surface area (Å²) in [5.41, 5.74) is 0.519. The highest BCUT2D eigenvalue weighted by atomic mass is 79.9. The van der Waals surface area contributed by atoms with E-state index < -0.39 is 34.3 Å². The number of sulfonamides is 1. The number of para-hydroxylation sites is 1. The third-order valence-electron chi connectivity index (χ3n) is 4.89. The Kier molecular flexibility index (Phi) is 9.42. The summed E-state index contributed by atoms with van der Waals surface area (Å²) in [7, 11) is -3.98. The lowest BCUT2D eigenvalue weighted by Crippen LogP contribution is -2.51. The summed E-state index contributed by atoms with van der Waals surface area (Å²) in [6.07, 6.45) is 0.907. The molecule has 33 heavy (non-hydrogen) atoms. The van der Waals surface area contributed by atoms with Gasteiger partial charge in [-0.3, -0.25) is 13.9 Å². The molecule has 180 valence electrons. The monoisotopic (exact) mass is 541 g/mol. The van der Waals surface area contributed by atoms with Gasteiger partial charge in [0.15, 0.2) is 0 Å². The molecule has 0 radical (unpaired) electrons. The molecule has 0 aliphatic rings. The quantitative estimate of drug-likeness (QED) is 0.498. The van der Waals surface area contributed by atoms with Gasteiger partial charge in [0, 0.05) is 17.6 Å². The molecule has 0 bridgehead atoms. The SMILES string of the molecule is CC(C)CNC(=O)C(C)N(Cc1cccc(Br)c1)C(=O)CN(c1ccccc1F)S(C)(=O)=O. The highest BCUT2D eigenvalue weighted by Crippen LogP contribution is 2.22. The normalized spacial score (nSPS) is 12.3. The Balaban J connectivity index is 2.38. The molecule has 7 nitrogen and oxygen atoms in total. The zero-order valence-corrected chi connectivity index (χ0v) is 21.5. The number of nitrogens with one attached hydrogen (secondary N) is 1. The lowest BCUT2D eigenvalue weighted by atomic mass is 10.1. The Labute approximate surface area is 203 Å². The first-order chi connectivity index (χ1) is 15.4. The lowest BCUT2D eigenvalue weighted by Gasteiger charge is -2.31. The molecule has 10 heteroatoms. The van der Waals surface area contributed by atoms with E-state index in [4.69, 9.17) is 0 Å². The van der Waals surface area contributed by atoms with Gasteiger partial charge in [0.1, 0.15) is 18.4 Å². The molecule has 0 heterocycles. The predicted molar refractivity (Wildman–Crippen MR) is 131 cm³/mol. The van der Waals surface area contributed by atoms with Crippen molar-refractivity contribution >= 4 is 43.5 Å². The van der Waals surface area contributed by atoms with Crippen molar-refractivity contribution in [2.45, 2.75) is 33.4 Å². The number of carbonyl (C=O) groups excluding carboxylic acids is 2. The molecule has 1 N–H and O–H groups in total. The molecule has 0 aromatic heterocycles. The van der Waals surface area contributed by atoms with E-state index in [0.29, 0.717) is 6.54 Å². The van der Waals surface area contributed by atoms with Crippen LogP contribution in [0, 0.1) is 11.7 Å². The number of amides is 2. The second-order valence-electron chi connectivity index (χ2n) is 8.19. The molecule has 2 rings (SSSR count). The molecule has 1 unspecified atom stereocenters. The molecule has 0 aliphatic carbocycles. The van der Waals surface area contributed by atoms with Crippen LogP contribution in [0.5, 0.6) is 0 Å². The van der Waals surface area contributed by atoms with Crippen molar-refractivity contribution in [3.8, 4) is 0 Å². The molecule has 0 fully saturated rings. The highest BCUT2D eigenvalue weighted by molar-refractivity contribution is 9.10. The maximum atomic E-state index is 14.4. The van der Waals surface area contributed by atoms with E-state index in [0.717, 1.165) is 26.7 Å². The van der Waals surface area contributed by atoms with Crippen molar-refractivity contribution in [1.82, 2.24) is 10.2 Å². The van der Waals surface area contributed by atoms with Crippen LogP contribution in [-0.2, 0) is 26.2 Å². The van der Waals surface area contributed by atoms with Crippen molar-refractivity contribution in [1.29, 1.82) is 0 Å². The standard InChI is InChI=1S/C23H29BrFN3O4S/c1-16(2)13-26-23(30)17(3)27(14-18-8-7-9-19(24)12-18)22(29)15-28(33(4,31)32)21-11-6-5-10-20(21)25/h5-12,16-17H,13-15H2,1-4H3,(H,26,30). The van der Waals surface area contributed by atoms with Crippen LogP contribution in [0.1, 0.15) is 26.3 Å². The molecule has 2 amide bonds. The van der Waals surface area contributed by atoms with Crippen LogP contribution in [-0.4, -0.2) is 50.5 Å². The van der Waals surface area contributed by atoms with E-state index in [1.807, 2.05) is 26.0 Å². The number of rotatable bonds is 10. The van der Waals surface area contributed by atoms with E-state index in [1.165, 1.54) is 23.1 Å². The summed E-state index contributed by atoms with van der Waals surface area (Å²) < 4.78 is 40.8. The summed E-state index contributed by atoms with van der Waals surface area (Å²) >= 11 is 3.39. The minimum absolute atomic E-state index is 0.0728. The molecule has 1 atom stereocenters. The average molecular weight is 542 g/mol. The van der Waals surface area contributed by atoms with Crippen molar-refractivity contribution in [3.63, 3.8) is 0 Å². The minimum atomic E-state index is -3.98. The molecular formula is C23H29BrFN3O4S. The summed E-state index contributed by atoms with van der Waals surface area (Å²) in [6, 6.07) is 11.7. The van der Waals surface area contributed by atoms with Gasteiger partial charge in [0.25, 0.3) is 0 Å². The Morgan fingerprint density at radius 2 is 1.76 bits per heavy atom. The molecular weight excluding hydrogens is 513 g/mol. The van der Waals surface area contributed by atoms with E-state index in [1.54, 1.807) is 19.1 Å². The lowest BCUT2D eigenvalue weighted by molar-refractivity contribution is -0.139. The summed E-state index contributed by atoms with van der Waals surface area (Å²) in [5, 5.41) is 2.80. The van der Waals surface area contributed by atoms with E-state index >= 15 is 0 Å². The van der Waals surface area contributed by atoms with Gasteiger partial charge >= 0.3 is 0 Å². The molecule has 2 aromatic carbocycles. The maximum Gasteiger partial charge on any atom is 0.244 e. The average Bonchev–Trinajstić information content (AvgIpc) is 2.73. The fraction of sp³-hybridized carbons (Fsp3) is 0.391. The van der Waals surface area contributed by atoms with Crippen molar-refractivity contribution < 1.29 is 22.4 Å². The van der Waals surface area contributed by atoms with Crippen molar-refractivity contribution in [3.05, 3.63) is 64.4 Å². The second kappa shape index (κ2) is 11.6. The van der Waals surface area contributed by atoms with Crippen molar-refractivity contribution in [2.75, 3.05) is 23.7 Å². The third kappa shape index (κ3) is 7.82. The topological polar surface area (TPSA) is 86.8 Å². The predicted octanol–water partition coefficient (Wildman–Crippen LogP) is 3.54. The van der Waals surface area contributed by atoms with Gasteiger partial charge in [-0.2, -0.15) is 0 Å². The van der Waals surface area contributed by atoms with E-state index in [9.17, 15) is 22.4 Å². The number of benzene rings is 2. The summed E-state index contributed by atoms with van der Waals surface area (Å²) in [6.45, 7) is 5.35. The zero-order chi connectivity index (χ0) is 24.8. The van der Waals surface area contributed by atoms with Crippen molar-refractivity contribution in [2.24, 2.45) is 5.92 Å². The number of anilines is 1. The first-order valence-corrected chi connectivity index (χ1v) is 13.1. The van der Waals surface area contributed by atoms with Crippen LogP contribution in [0.3, 0.4) is 0 Å². The molecule has 0 aliphatic heterocycles. The molecule has 2 aromatic rings. The van der Waals surface area contributed by atoms with Crippen LogP contribution < -0.4 is 9.62 Å². The summed E-state index contributed by atoms with van der Waals surface area (Å²) in [4.78, 5) is 27.4. The highest BCUT2D eigenvalue weighted by Gasteiger charge is 2.31. The van der Waals surface area contributed by atoms with Gasteiger partial charge in [0.2, 0.25) is 21.8 Å². The number of hydrogen-bond donors (Lipinski definition) is 1. The fourth-order valence-electron chi connectivity index (χ4n) is 3.12. The van der Waals surface area contributed by atoms with Gasteiger partial charge in [0.05, 0.1) is 11.9 Å². The van der Waals surface area contributed by atoms with Crippen LogP contribution in [0.25, 0.3) is 0 Å². The zero-order valence-electron chi connectivity index (χ0n) is 19.1. The third-order valence-corrected chi connectivity index (χ3v) is 6.51. The van der Waals surface area contributed by atoms with Gasteiger partial charge in [-0.25, -0.2) is 12.8 Å². The second-order valence-corrected chi connectivity index (χ2v) is 11.0. The fourth-order valence-corrected chi connectivity index (χ4v) is 4.41. The number of nitrogens with zero attached hydrogens (tertiary/aromatic N) is 2. The molecule has 0 spiro atoms. The van der Waals surface area contributed by atoms with E-state index in [2.05, 4.69) is 21.2 Å². The maximum absolute atomic E-state index is 14.4. The Hall–Kier alpha value is -2.46. The number of halogens is 2. The largest absolute Gasteiger partial charge is 0.354 e. The van der Waals surface area contributed by atoms with Crippen LogP contribution in [0.4, 0.5) is 10.1 Å². The van der Waals surface area contributed by atoms with E-state index in [-0.39, 0.29) is 24.1 Å². The van der Waals surface area contributed by atoms with Crippen LogP contribution >= 0.6 is 15.9 Å². The smallest absolute Gasteiger partial charge is 0.244 e. The summed E-state index contributed by atoms with van der Waals surface area (Å²) in [5.74, 6) is -1.53. The van der Waals surface area contributed by atoms with Crippen LogP contribution in [0.15, 0.2) is 53.0 Å². The Bertz CT molecular complexity index is 1090. The van der Waals surface area contributed by atoms with Gasteiger partial charge < -0.3 is 10.2 Å². The van der Waals surface area contributed by atoms with Gasteiger partial charge in [-0.15, -0.1) is 0 Å².